The quantitative estimate of drug-likeness (QED) is 0.0262. The first-order valence-electron chi connectivity index (χ1n) is 26.1. The first kappa shape index (κ1) is 60.9. The Morgan fingerprint density at radius 1 is 0.530 bits per heavy atom. The summed E-state index contributed by atoms with van der Waals surface area (Å²) < 4.78 is 11.2. The maximum atomic E-state index is 13.0. The van der Waals surface area contributed by atoms with E-state index < -0.39 is 49.5 Å². The molecule has 1 saturated heterocycles. The van der Waals surface area contributed by atoms with Crippen molar-refractivity contribution in [1.82, 2.24) is 5.32 Å². The summed E-state index contributed by atoms with van der Waals surface area (Å²) in [5.74, 6) is -0.277. The molecule has 7 unspecified atom stereocenters. The number of rotatable bonds is 42. The van der Waals surface area contributed by atoms with Gasteiger partial charge in [0.2, 0.25) is 5.91 Å². The third kappa shape index (κ3) is 35.1. The van der Waals surface area contributed by atoms with E-state index in [9.17, 15) is 30.3 Å². The lowest BCUT2D eigenvalue weighted by atomic mass is 9.99. The van der Waals surface area contributed by atoms with Crippen molar-refractivity contribution < 1.29 is 39.8 Å². The summed E-state index contributed by atoms with van der Waals surface area (Å²) in [6, 6.07) is -0.877. The van der Waals surface area contributed by atoms with E-state index in [1.54, 1.807) is 6.08 Å². The zero-order valence-electron chi connectivity index (χ0n) is 41.4. The molecule has 7 atom stereocenters. The minimum absolute atomic E-state index is 0.203. The molecule has 1 fully saturated rings. The van der Waals surface area contributed by atoms with Crippen LogP contribution in [0, 0.1) is 0 Å². The first-order valence-corrected chi connectivity index (χ1v) is 26.1. The molecule has 9 heteroatoms. The molecule has 0 spiro atoms. The van der Waals surface area contributed by atoms with Gasteiger partial charge in [-0.15, -0.1) is 0 Å². The molecule has 1 rings (SSSR count). The van der Waals surface area contributed by atoms with Crippen LogP contribution in [0.1, 0.15) is 187 Å². The van der Waals surface area contributed by atoms with Crippen LogP contribution in [-0.2, 0) is 14.3 Å². The Labute approximate surface area is 402 Å². The molecule has 1 aliphatic rings. The van der Waals surface area contributed by atoms with Crippen LogP contribution in [0.4, 0.5) is 0 Å². The van der Waals surface area contributed by atoms with Crippen LogP contribution in [0.15, 0.2) is 109 Å². The summed E-state index contributed by atoms with van der Waals surface area (Å²) in [7, 11) is 0. The molecule has 0 aromatic carbocycles. The highest BCUT2D eigenvalue weighted by Crippen LogP contribution is 2.22. The van der Waals surface area contributed by atoms with Crippen molar-refractivity contribution in [2.24, 2.45) is 0 Å². The van der Waals surface area contributed by atoms with Crippen molar-refractivity contribution in [3.63, 3.8) is 0 Å². The molecule has 376 valence electrons. The Bertz CT molecular complexity index is 1390. The lowest BCUT2D eigenvalue weighted by Crippen LogP contribution is -2.60. The van der Waals surface area contributed by atoms with Crippen molar-refractivity contribution >= 4 is 5.91 Å². The molecule has 0 radical (unpaired) electrons. The van der Waals surface area contributed by atoms with Crippen molar-refractivity contribution in [2.75, 3.05) is 13.2 Å². The highest BCUT2D eigenvalue weighted by atomic mass is 16.7. The number of carbonyl (C=O) groups excluding carboxylic acids is 1. The van der Waals surface area contributed by atoms with Crippen LogP contribution in [0.3, 0.4) is 0 Å². The molecule has 1 aliphatic heterocycles. The molecular weight excluding hydrogens is 827 g/mol. The zero-order chi connectivity index (χ0) is 48.0. The third-order valence-corrected chi connectivity index (χ3v) is 11.6. The third-order valence-electron chi connectivity index (χ3n) is 11.6. The van der Waals surface area contributed by atoms with E-state index in [4.69, 9.17) is 9.47 Å². The van der Waals surface area contributed by atoms with Gasteiger partial charge in [0.1, 0.15) is 24.4 Å². The van der Waals surface area contributed by atoms with Gasteiger partial charge in [0, 0.05) is 6.42 Å². The zero-order valence-corrected chi connectivity index (χ0v) is 41.4. The van der Waals surface area contributed by atoms with Gasteiger partial charge < -0.3 is 40.3 Å². The number of amides is 1. The Balaban J connectivity index is 2.39. The molecule has 0 aromatic heterocycles. The van der Waals surface area contributed by atoms with Gasteiger partial charge in [-0.3, -0.25) is 4.79 Å². The van der Waals surface area contributed by atoms with Gasteiger partial charge >= 0.3 is 0 Å². The van der Waals surface area contributed by atoms with Crippen molar-refractivity contribution in [1.29, 1.82) is 0 Å². The van der Waals surface area contributed by atoms with Crippen LogP contribution in [0.2, 0.25) is 0 Å². The van der Waals surface area contributed by atoms with Crippen LogP contribution < -0.4 is 5.32 Å². The highest BCUT2D eigenvalue weighted by molar-refractivity contribution is 5.76. The normalized spacial score (nSPS) is 20.7. The number of ether oxygens (including phenoxy) is 2. The monoisotopic (exact) mass is 922 g/mol. The van der Waals surface area contributed by atoms with Crippen molar-refractivity contribution in [3.05, 3.63) is 109 Å². The summed E-state index contributed by atoms with van der Waals surface area (Å²) >= 11 is 0. The molecule has 0 aliphatic carbocycles. The highest BCUT2D eigenvalue weighted by Gasteiger charge is 2.44. The van der Waals surface area contributed by atoms with Gasteiger partial charge in [-0.2, -0.15) is 0 Å². The lowest BCUT2D eigenvalue weighted by molar-refractivity contribution is -0.302. The Hall–Kier alpha value is -3.15. The number of aliphatic hydroxyl groups is 5. The molecule has 0 aromatic rings. The lowest BCUT2D eigenvalue weighted by Gasteiger charge is -2.40. The van der Waals surface area contributed by atoms with Crippen LogP contribution >= 0.6 is 0 Å². The first-order chi connectivity index (χ1) is 32.3. The second-order valence-corrected chi connectivity index (χ2v) is 17.6. The average molecular weight is 922 g/mol. The van der Waals surface area contributed by atoms with E-state index >= 15 is 0 Å². The molecular formula is C57H95NO8. The largest absolute Gasteiger partial charge is 0.394 e. The van der Waals surface area contributed by atoms with E-state index in [2.05, 4.69) is 104 Å². The van der Waals surface area contributed by atoms with Crippen LogP contribution in [-0.4, -0.2) is 87.5 Å². The van der Waals surface area contributed by atoms with Gasteiger partial charge in [0.05, 0.1) is 25.4 Å². The van der Waals surface area contributed by atoms with Crippen LogP contribution in [0.25, 0.3) is 0 Å². The number of hydrogen-bond acceptors (Lipinski definition) is 8. The SMILES string of the molecule is CC/C=C\C/C=C\C/C=C\C/C=C\C/C=C\C/C=C\CCC(=O)NC(COC1OC(CO)C(O)C(O)C1O)C(O)/C=C/CC/C=C/CC/C=C/CCCCCCCCCCCCCCCC. The van der Waals surface area contributed by atoms with Crippen molar-refractivity contribution in [2.45, 2.75) is 230 Å². The number of unbranched alkanes of at least 4 members (excludes halogenated alkanes) is 16. The topological polar surface area (TPSA) is 149 Å². The summed E-state index contributed by atoms with van der Waals surface area (Å²) in [5, 5.41) is 54.3. The molecule has 1 heterocycles. The number of nitrogens with one attached hydrogen (secondary N) is 1. The number of hydrogen-bond donors (Lipinski definition) is 6. The smallest absolute Gasteiger partial charge is 0.220 e. The second-order valence-electron chi connectivity index (χ2n) is 17.6. The minimum atomic E-state index is -1.59. The molecule has 1 amide bonds. The fraction of sp³-hybridized carbons (Fsp3) is 0.667. The van der Waals surface area contributed by atoms with E-state index in [0.717, 1.165) is 64.2 Å². The Morgan fingerprint density at radius 3 is 1.44 bits per heavy atom. The van der Waals surface area contributed by atoms with Gasteiger partial charge in [-0.25, -0.2) is 0 Å². The maximum absolute atomic E-state index is 13.0. The summed E-state index contributed by atoms with van der Waals surface area (Å²) in [5.41, 5.74) is 0. The van der Waals surface area contributed by atoms with Gasteiger partial charge in [-0.1, -0.05) is 207 Å². The number of aliphatic hydroxyl groups excluding tert-OH is 5. The fourth-order valence-corrected chi connectivity index (χ4v) is 7.45. The molecule has 0 bridgehead atoms. The second kappa shape index (κ2) is 45.6. The van der Waals surface area contributed by atoms with Crippen LogP contribution in [0.5, 0.6) is 0 Å². The van der Waals surface area contributed by atoms with Gasteiger partial charge in [0.25, 0.3) is 0 Å². The van der Waals surface area contributed by atoms with E-state index in [-0.39, 0.29) is 18.9 Å². The molecule has 6 N–H and O–H groups in total. The maximum Gasteiger partial charge on any atom is 0.220 e. The van der Waals surface area contributed by atoms with Gasteiger partial charge in [0.15, 0.2) is 6.29 Å². The Kier molecular flexibility index (Phi) is 42.1. The number of carbonyl (C=O) groups is 1. The van der Waals surface area contributed by atoms with E-state index in [1.807, 2.05) is 18.2 Å². The predicted molar refractivity (Wildman–Crippen MR) is 276 cm³/mol. The standard InChI is InChI=1S/C57H95NO8/c1-3-5-7-9-11-13-15-17-19-21-23-24-25-26-27-29-30-32-34-36-38-40-42-44-46-51(60)50(49-65-57-56(64)55(63)54(62)52(48-59)66-57)58-53(61)47-45-43-41-39-37-35-33-31-28-22-20-18-16-14-12-10-8-6-4-2/h6,8,12,14,18,20,28-31,35-38,41,43-44,46,50-52,54-57,59-60,62-64H,3-5,7,9-11,13,15-17,19,21-27,32-34,39-40,42,45,47-49H2,1-2H3,(H,58,61)/b8-6-,14-12-,20-18-,30-29+,31-28-,37-35-,38-36+,43-41-,46-44+. The Morgan fingerprint density at radius 2 is 0.955 bits per heavy atom. The summed E-state index contributed by atoms with van der Waals surface area (Å²) in [6.07, 6.45) is 60.1. The van der Waals surface area contributed by atoms with Crippen molar-refractivity contribution in [3.8, 4) is 0 Å². The van der Waals surface area contributed by atoms with E-state index in [1.165, 1.54) is 89.9 Å². The number of allylic oxidation sites excluding steroid dienone is 17. The fourth-order valence-electron chi connectivity index (χ4n) is 7.45. The van der Waals surface area contributed by atoms with E-state index in [0.29, 0.717) is 12.8 Å². The van der Waals surface area contributed by atoms with Gasteiger partial charge in [-0.05, 0) is 83.5 Å². The predicted octanol–water partition coefficient (Wildman–Crippen LogP) is 12.2. The molecule has 66 heavy (non-hydrogen) atoms. The summed E-state index contributed by atoms with van der Waals surface area (Å²) in [6.45, 7) is 3.59. The molecule has 9 nitrogen and oxygen atoms in total. The molecule has 0 saturated carbocycles. The summed E-state index contributed by atoms with van der Waals surface area (Å²) in [4.78, 5) is 13.0. The minimum Gasteiger partial charge on any atom is -0.394 e. The average Bonchev–Trinajstić information content (AvgIpc) is 3.32.